The van der Waals surface area contributed by atoms with Crippen molar-refractivity contribution in [3.8, 4) is 34.5 Å². The molecule has 0 bridgehead atoms. The van der Waals surface area contributed by atoms with E-state index in [1.165, 1.54) is 5.56 Å². The van der Waals surface area contributed by atoms with E-state index in [1.54, 1.807) is 74.9 Å². The van der Waals surface area contributed by atoms with E-state index in [-0.39, 0.29) is 66.4 Å². The number of hydrogen-bond acceptors (Lipinski definition) is 21. The number of rotatable bonds is 16. The first-order valence-electron chi connectivity index (χ1n) is 32.3. The number of nitrogens with zero attached hydrogens (tertiary/aromatic N) is 9. The summed E-state index contributed by atoms with van der Waals surface area (Å²) in [5.74, 6) is 11.6. The van der Waals surface area contributed by atoms with E-state index < -0.39 is 5.60 Å². The molecule has 1 aromatic carbocycles. The molecular weight excluding hydrogens is 1190 g/mol. The maximum atomic E-state index is 13.5. The van der Waals surface area contributed by atoms with Crippen molar-refractivity contribution in [3.63, 3.8) is 0 Å². The molecule has 0 aliphatic carbocycles. The zero-order valence-corrected chi connectivity index (χ0v) is 55.3. The Labute approximate surface area is 570 Å². The van der Waals surface area contributed by atoms with Gasteiger partial charge in [0.1, 0.15) is 80.6 Å². The van der Waals surface area contributed by atoms with Crippen molar-refractivity contribution >= 4 is 52.3 Å². The van der Waals surface area contributed by atoms with Crippen LogP contribution in [0.15, 0.2) is 155 Å². The van der Waals surface area contributed by atoms with Gasteiger partial charge < -0.3 is 61.8 Å². The van der Waals surface area contributed by atoms with Crippen molar-refractivity contribution in [1.29, 1.82) is 0 Å². The van der Waals surface area contributed by atoms with Gasteiger partial charge in [-0.05, 0) is 155 Å². The molecule has 3 aliphatic rings. The highest BCUT2D eigenvalue weighted by Crippen LogP contribution is 2.33. The van der Waals surface area contributed by atoms with Crippen molar-refractivity contribution in [2.24, 2.45) is 11.8 Å². The smallest absolute Gasteiger partial charge is 0.216 e. The van der Waals surface area contributed by atoms with Gasteiger partial charge in [0.15, 0.2) is 0 Å². The molecule has 0 radical (unpaired) electrons. The summed E-state index contributed by atoms with van der Waals surface area (Å²) in [6.07, 6.45) is 6.85. The molecule has 9 aromatic rings. The van der Waals surface area contributed by atoms with E-state index in [2.05, 4.69) is 97.3 Å². The average molecular weight is 1300 g/mol. The molecule has 512 valence electrons. The van der Waals surface area contributed by atoms with Gasteiger partial charge in [0, 0.05) is 121 Å². The van der Waals surface area contributed by atoms with E-state index in [9.17, 15) is 19.5 Å². The number of benzene rings is 1. The third kappa shape index (κ3) is 17.4. The molecule has 10 N–H and O–H groups in total. The molecule has 3 atom stereocenters. The molecule has 8 aromatic heterocycles. The number of nitrogens with two attached hydrogens (primary N) is 3. The fourth-order valence-corrected chi connectivity index (χ4v) is 11.9. The first-order chi connectivity index (χ1) is 45.7. The average Bonchev–Trinajstić information content (AvgIpc) is 1.77. The number of carbonyl (C=O) groups excluding carboxylic acids is 3. The molecule has 0 spiro atoms. The van der Waals surface area contributed by atoms with Crippen molar-refractivity contribution in [2.75, 3.05) is 90.8 Å². The van der Waals surface area contributed by atoms with Crippen LogP contribution in [0.5, 0.6) is 0 Å². The van der Waals surface area contributed by atoms with Crippen molar-refractivity contribution in [3.05, 3.63) is 202 Å². The molecule has 3 saturated heterocycles. The SMILES string of the molecule is CC(C)C[C@H]1CN(c2ccc(C#CC(C)(C)O)c(C(=O)c3cccnc3N)n2)CCN1.Cc1ccc(-c2ccc(N3CCNC(c4ccccc4)C3)nc2C(=O)c2cccnc2N)o1.Cc1ccc(-c2ccc(N3CCN[C@@H](CC(C)C)C3)nc2C(=O)c2cccnc2N)o1.[HH].[HH].[HH].[HH].[HH].[HH].[HH].[HH].[HH].[HH]. The van der Waals surface area contributed by atoms with E-state index in [1.807, 2.05) is 86.6 Å². The minimum atomic E-state index is -1.19. The maximum Gasteiger partial charge on any atom is 0.216 e. The summed E-state index contributed by atoms with van der Waals surface area (Å²) in [5.41, 5.74) is 21.5. The Bertz CT molecular complexity index is 4250. The number of aliphatic hydroxyl groups is 1. The van der Waals surface area contributed by atoms with Gasteiger partial charge in [-0.1, -0.05) is 69.9 Å². The number of pyridine rings is 6. The number of furan rings is 2. The highest BCUT2D eigenvalue weighted by Gasteiger charge is 2.30. The zero-order valence-electron chi connectivity index (χ0n) is 55.3. The molecule has 11 heterocycles. The summed E-state index contributed by atoms with van der Waals surface area (Å²) in [6, 6.07) is 40.2. The monoisotopic (exact) mass is 1300 g/mol. The first-order valence-corrected chi connectivity index (χ1v) is 32.3. The summed E-state index contributed by atoms with van der Waals surface area (Å²) in [6.45, 7) is 23.2. The van der Waals surface area contributed by atoms with Crippen LogP contribution in [0.25, 0.3) is 22.6 Å². The Hall–Kier alpha value is -10.1. The lowest BCUT2D eigenvalue weighted by Crippen LogP contribution is -2.51. The summed E-state index contributed by atoms with van der Waals surface area (Å²) in [5, 5.41) is 20.7. The van der Waals surface area contributed by atoms with Crippen molar-refractivity contribution < 1.29 is 42.6 Å². The molecular formula is C74H105N15O6. The fraction of sp³-hybridized carbons (Fsp3) is 0.338. The molecule has 12 rings (SSSR count). The van der Waals surface area contributed by atoms with E-state index in [0.717, 1.165) is 101 Å². The molecule has 0 saturated carbocycles. The summed E-state index contributed by atoms with van der Waals surface area (Å²) in [4.78, 5) is 73.5. The molecule has 1 unspecified atom stereocenters. The standard InChI is InChI=1S/C26H25N5O2.C24H29N5O2.C24H31N5O2.10H2/c1-17-9-11-22(33-17)19-10-12-23(30-24(19)25(32)20-8-5-13-29-26(20)27)31-15-14-28-21(16-31)18-6-3-2-4-7-18;1-15(2)13-17-14-29(12-11-26-17)21-9-7-18(20-8-6-16(3)31-20)22(28-21)23(30)19-5-4-10-27-24(19)25;1-16(2)14-18-15-29(13-12-26-18)20-8-7-17(9-10-24(3,4)31)21(28-20)22(30)19-6-5-11-27-23(19)25;;;;;;;;;;/h2-13,21,28H,14-16H2,1H3,(H2,27,29);4-10,15,17,26H,11-14H2,1-3H3,(H2,25,27);5-8,11,16,18,26,31H,12-15H2,1-4H3,(H2,25,27);10*1H/t;17-;18-;;;;;;;;;;/m.00........../s1. The van der Waals surface area contributed by atoms with E-state index in [4.69, 9.17) is 41.0 Å². The Morgan fingerprint density at radius 3 is 1.37 bits per heavy atom. The molecule has 95 heavy (non-hydrogen) atoms. The third-order valence-electron chi connectivity index (χ3n) is 16.4. The third-order valence-corrected chi connectivity index (χ3v) is 16.4. The lowest BCUT2D eigenvalue weighted by atomic mass is 10.0. The number of piperazine rings is 3. The Kier molecular flexibility index (Phi) is 21.9. The Morgan fingerprint density at radius 2 is 0.958 bits per heavy atom. The number of anilines is 6. The van der Waals surface area contributed by atoms with Crippen LogP contribution < -0.4 is 47.9 Å². The van der Waals surface area contributed by atoms with Crippen molar-refractivity contribution in [1.82, 2.24) is 45.9 Å². The van der Waals surface area contributed by atoms with Gasteiger partial charge in [0.05, 0.1) is 22.3 Å². The second-order valence-electron chi connectivity index (χ2n) is 25.4. The molecule has 21 nitrogen and oxygen atoms in total. The van der Waals surface area contributed by atoms with Gasteiger partial charge >= 0.3 is 0 Å². The predicted molar refractivity (Wildman–Crippen MR) is 394 cm³/mol. The predicted octanol–water partition coefficient (Wildman–Crippen LogP) is 12.4. The Morgan fingerprint density at radius 1 is 0.547 bits per heavy atom. The minimum absolute atomic E-state index is 0. The molecule has 21 heteroatoms. The van der Waals surface area contributed by atoms with Crippen molar-refractivity contribution in [2.45, 2.75) is 92.0 Å². The number of nitrogen functional groups attached to an aromatic ring is 3. The number of aromatic nitrogens is 6. The largest absolute Gasteiger partial charge is 0.461 e. The summed E-state index contributed by atoms with van der Waals surface area (Å²) in [7, 11) is 0. The summed E-state index contributed by atoms with van der Waals surface area (Å²) >= 11 is 0. The quantitative estimate of drug-likeness (QED) is 0.0349. The first kappa shape index (κ1) is 67.8. The van der Waals surface area contributed by atoms with Crippen LogP contribution in [0.2, 0.25) is 0 Å². The van der Waals surface area contributed by atoms with Gasteiger partial charge in [-0.2, -0.15) is 0 Å². The number of ketones is 3. The minimum Gasteiger partial charge on any atom is -0.461 e. The van der Waals surface area contributed by atoms with Gasteiger partial charge in [-0.25, -0.2) is 29.9 Å². The van der Waals surface area contributed by atoms with Crippen LogP contribution in [-0.2, 0) is 0 Å². The molecule has 0 amide bonds. The van der Waals surface area contributed by atoms with Crippen LogP contribution in [0.3, 0.4) is 0 Å². The van der Waals surface area contributed by atoms with E-state index >= 15 is 0 Å². The topological polar surface area (TPSA) is 299 Å². The van der Waals surface area contributed by atoms with Crippen LogP contribution in [0.1, 0.15) is 145 Å². The lowest BCUT2D eigenvalue weighted by molar-refractivity contribution is 0.102. The number of hydrogen-bond donors (Lipinski definition) is 7. The van der Waals surface area contributed by atoms with Crippen LogP contribution >= 0.6 is 0 Å². The fourth-order valence-electron chi connectivity index (χ4n) is 11.9. The highest BCUT2D eigenvalue weighted by atomic mass is 16.3. The van der Waals surface area contributed by atoms with Gasteiger partial charge in [0.2, 0.25) is 17.3 Å². The maximum absolute atomic E-state index is 13.5. The number of nitrogens with one attached hydrogen (secondary N) is 3. The van der Waals surface area contributed by atoms with Gasteiger partial charge in [-0.3, -0.25) is 14.4 Å². The van der Waals surface area contributed by atoms with Gasteiger partial charge in [0.25, 0.3) is 0 Å². The zero-order chi connectivity index (χ0) is 67.3. The second kappa shape index (κ2) is 30.8. The Balaban J connectivity index is 0.00000148. The normalized spacial score (nSPS) is 16.5. The lowest BCUT2D eigenvalue weighted by Gasteiger charge is -2.35. The second-order valence-corrected chi connectivity index (χ2v) is 25.4. The van der Waals surface area contributed by atoms with Crippen LogP contribution in [0, 0.1) is 37.5 Å². The van der Waals surface area contributed by atoms with Crippen LogP contribution in [-0.4, -0.2) is 129 Å². The van der Waals surface area contributed by atoms with Gasteiger partial charge in [-0.15, -0.1) is 0 Å². The number of aryl methyl sites for hydroxylation is 2. The highest BCUT2D eigenvalue weighted by molar-refractivity contribution is 6.15. The number of carbonyl (C=O) groups is 3. The van der Waals surface area contributed by atoms with E-state index in [0.29, 0.717) is 74.6 Å². The summed E-state index contributed by atoms with van der Waals surface area (Å²) < 4.78 is 11.6. The van der Waals surface area contributed by atoms with Crippen LogP contribution in [0.4, 0.5) is 34.9 Å². The molecule has 3 fully saturated rings. The molecule has 3 aliphatic heterocycles.